The second kappa shape index (κ2) is 8.66. The van der Waals surface area contributed by atoms with Crippen LogP contribution in [0.2, 0.25) is 0 Å². The summed E-state index contributed by atoms with van der Waals surface area (Å²) in [6.45, 7) is 2.01. The third-order valence-corrected chi connectivity index (χ3v) is 6.39. The molecule has 8 heteroatoms. The van der Waals surface area contributed by atoms with Crippen molar-refractivity contribution in [3.8, 4) is 5.75 Å². The lowest BCUT2D eigenvalue weighted by molar-refractivity contribution is -0.144. The Balaban J connectivity index is 0.00000225. The Morgan fingerprint density at radius 2 is 1.64 bits per heavy atom. The Hall–Kier alpha value is -1.86. The van der Waals surface area contributed by atoms with E-state index in [0.717, 1.165) is 19.3 Å². The molecule has 1 aromatic carbocycles. The van der Waals surface area contributed by atoms with Crippen LogP contribution in [0.1, 0.15) is 19.3 Å². The highest BCUT2D eigenvalue weighted by atomic mass is 35.5. The van der Waals surface area contributed by atoms with Crippen LogP contribution in [0.15, 0.2) is 24.3 Å². The molecule has 2 saturated carbocycles. The van der Waals surface area contributed by atoms with Gasteiger partial charge in [-0.3, -0.25) is 9.59 Å². The van der Waals surface area contributed by atoms with E-state index >= 15 is 0 Å². The molecule has 2 bridgehead atoms. The number of fused-ring (bicyclic) bond motifs is 2. The van der Waals surface area contributed by atoms with Crippen LogP contribution in [-0.2, 0) is 9.59 Å². The van der Waals surface area contributed by atoms with Gasteiger partial charge in [-0.2, -0.15) is 0 Å². The van der Waals surface area contributed by atoms with Gasteiger partial charge in [0.05, 0.1) is 5.92 Å². The highest BCUT2D eigenvalue weighted by Gasteiger charge is 2.50. The number of benzene rings is 1. The molecule has 2 N–H and O–H groups in total. The van der Waals surface area contributed by atoms with Gasteiger partial charge in [0.25, 0.3) is 5.91 Å². The minimum absolute atomic E-state index is 0. The van der Waals surface area contributed by atoms with E-state index in [1.807, 2.05) is 4.90 Å². The monoisotopic (exact) mass is 411 g/mol. The van der Waals surface area contributed by atoms with Gasteiger partial charge in [0.15, 0.2) is 6.61 Å². The molecule has 28 heavy (non-hydrogen) atoms. The van der Waals surface area contributed by atoms with Gasteiger partial charge in [-0.05, 0) is 55.4 Å². The standard InChI is InChI=1S/C20H26FN3O3.ClH/c21-15-3-5-16(6-4-15)27-12-17(25)23-7-9-24(10-8-23)20(26)18-13-1-2-14(11-13)19(18)22;/h3-6,13-14,18-19H,1-2,7-12,22H2;1H. The first kappa shape index (κ1) is 20.9. The van der Waals surface area contributed by atoms with Crippen LogP contribution in [0.3, 0.4) is 0 Å². The van der Waals surface area contributed by atoms with Gasteiger partial charge in [-0.15, -0.1) is 12.4 Å². The number of nitrogens with zero attached hydrogens (tertiary/aromatic N) is 2. The number of piperazine rings is 1. The maximum atomic E-state index is 12.9. The maximum Gasteiger partial charge on any atom is 0.260 e. The highest BCUT2D eigenvalue weighted by Crippen LogP contribution is 2.48. The summed E-state index contributed by atoms with van der Waals surface area (Å²) in [6, 6.07) is 5.59. The van der Waals surface area contributed by atoms with Crippen molar-refractivity contribution in [3.05, 3.63) is 30.1 Å². The van der Waals surface area contributed by atoms with Crippen molar-refractivity contribution in [1.82, 2.24) is 9.80 Å². The number of carbonyl (C=O) groups is 2. The molecule has 2 aliphatic carbocycles. The van der Waals surface area contributed by atoms with Crippen LogP contribution < -0.4 is 10.5 Å². The number of ether oxygens (including phenoxy) is 1. The SMILES string of the molecule is Cl.NC1C2CCC(C2)C1C(=O)N1CCN(C(=O)COc2ccc(F)cc2)CC1. The van der Waals surface area contributed by atoms with Crippen molar-refractivity contribution < 1.29 is 18.7 Å². The van der Waals surface area contributed by atoms with Gasteiger partial charge in [-0.1, -0.05) is 0 Å². The lowest BCUT2D eigenvalue weighted by Gasteiger charge is -2.38. The Labute approximate surface area is 170 Å². The van der Waals surface area contributed by atoms with Crippen molar-refractivity contribution in [2.45, 2.75) is 25.3 Å². The molecule has 0 aromatic heterocycles. The molecule has 0 spiro atoms. The van der Waals surface area contributed by atoms with E-state index in [0.29, 0.717) is 43.8 Å². The molecule has 1 saturated heterocycles. The second-order valence-electron chi connectivity index (χ2n) is 7.89. The summed E-state index contributed by atoms with van der Waals surface area (Å²) in [6.07, 6.45) is 3.37. The summed E-state index contributed by atoms with van der Waals surface area (Å²) in [4.78, 5) is 28.8. The smallest absolute Gasteiger partial charge is 0.260 e. The minimum atomic E-state index is -0.343. The predicted octanol–water partition coefficient (Wildman–Crippen LogP) is 1.67. The molecule has 1 heterocycles. The summed E-state index contributed by atoms with van der Waals surface area (Å²) in [5, 5.41) is 0. The fourth-order valence-electron chi connectivity index (χ4n) is 4.86. The summed E-state index contributed by atoms with van der Waals surface area (Å²) in [5.74, 6) is 1.09. The fourth-order valence-corrected chi connectivity index (χ4v) is 4.86. The number of halogens is 2. The molecule has 6 nitrogen and oxygen atoms in total. The van der Waals surface area contributed by atoms with Crippen molar-refractivity contribution in [1.29, 1.82) is 0 Å². The normalized spacial score (nSPS) is 28.8. The maximum absolute atomic E-state index is 12.9. The molecule has 3 fully saturated rings. The van der Waals surface area contributed by atoms with Gasteiger partial charge in [0, 0.05) is 32.2 Å². The molecule has 1 aromatic rings. The lowest BCUT2D eigenvalue weighted by atomic mass is 9.84. The molecular weight excluding hydrogens is 385 g/mol. The van der Waals surface area contributed by atoms with Crippen molar-refractivity contribution >= 4 is 24.2 Å². The first-order valence-electron chi connectivity index (χ1n) is 9.73. The van der Waals surface area contributed by atoms with Crippen molar-refractivity contribution in [3.63, 3.8) is 0 Å². The second-order valence-corrected chi connectivity index (χ2v) is 7.89. The summed E-state index contributed by atoms with van der Waals surface area (Å²) in [5.41, 5.74) is 6.30. The average molecular weight is 412 g/mol. The Morgan fingerprint density at radius 3 is 2.25 bits per heavy atom. The van der Waals surface area contributed by atoms with Crippen LogP contribution >= 0.6 is 12.4 Å². The molecule has 4 atom stereocenters. The van der Waals surface area contributed by atoms with E-state index in [2.05, 4.69) is 0 Å². The average Bonchev–Trinajstić information content (AvgIpc) is 3.28. The molecule has 4 unspecified atom stereocenters. The van der Waals surface area contributed by atoms with E-state index in [1.165, 1.54) is 24.3 Å². The van der Waals surface area contributed by atoms with Crippen molar-refractivity contribution in [2.24, 2.45) is 23.5 Å². The molecule has 0 radical (unpaired) electrons. The van der Waals surface area contributed by atoms with Crippen LogP contribution in [0.25, 0.3) is 0 Å². The molecule has 4 rings (SSSR count). The van der Waals surface area contributed by atoms with Crippen LogP contribution in [0, 0.1) is 23.6 Å². The van der Waals surface area contributed by atoms with Crippen LogP contribution in [0.5, 0.6) is 5.75 Å². The summed E-state index contributed by atoms with van der Waals surface area (Å²) < 4.78 is 18.3. The summed E-state index contributed by atoms with van der Waals surface area (Å²) in [7, 11) is 0. The number of amides is 2. The molecule has 2 amide bonds. The molecular formula is C20H27ClFN3O3. The lowest BCUT2D eigenvalue weighted by Crippen LogP contribution is -2.55. The Morgan fingerprint density at radius 1 is 1.04 bits per heavy atom. The van der Waals surface area contributed by atoms with E-state index in [-0.39, 0.29) is 48.6 Å². The zero-order valence-electron chi connectivity index (χ0n) is 15.8. The first-order chi connectivity index (χ1) is 13.0. The largest absolute Gasteiger partial charge is 0.484 e. The van der Waals surface area contributed by atoms with E-state index in [1.54, 1.807) is 4.90 Å². The van der Waals surface area contributed by atoms with Gasteiger partial charge in [-0.25, -0.2) is 4.39 Å². The van der Waals surface area contributed by atoms with E-state index in [9.17, 15) is 14.0 Å². The van der Waals surface area contributed by atoms with Gasteiger partial charge < -0.3 is 20.3 Å². The van der Waals surface area contributed by atoms with Gasteiger partial charge >= 0.3 is 0 Å². The number of hydrogen-bond acceptors (Lipinski definition) is 4. The third-order valence-electron chi connectivity index (χ3n) is 6.39. The third kappa shape index (κ3) is 4.10. The quantitative estimate of drug-likeness (QED) is 0.817. The zero-order chi connectivity index (χ0) is 19.0. The number of hydrogen-bond donors (Lipinski definition) is 1. The Bertz CT molecular complexity index is 707. The summed E-state index contributed by atoms with van der Waals surface area (Å²) >= 11 is 0. The topological polar surface area (TPSA) is 75.9 Å². The zero-order valence-corrected chi connectivity index (χ0v) is 16.6. The fraction of sp³-hybridized carbons (Fsp3) is 0.600. The molecule has 3 aliphatic rings. The van der Waals surface area contributed by atoms with E-state index in [4.69, 9.17) is 10.5 Å². The van der Waals surface area contributed by atoms with Gasteiger partial charge in [0.2, 0.25) is 5.91 Å². The van der Waals surface area contributed by atoms with Gasteiger partial charge in [0.1, 0.15) is 11.6 Å². The number of carbonyl (C=O) groups excluding carboxylic acids is 2. The first-order valence-corrected chi connectivity index (χ1v) is 9.73. The predicted molar refractivity (Wildman–Crippen MR) is 105 cm³/mol. The van der Waals surface area contributed by atoms with Crippen LogP contribution in [0.4, 0.5) is 4.39 Å². The highest BCUT2D eigenvalue weighted by molar-refractivity contribution is 5.85. The van der Waals surface area contributed by atoms with Crippen LogP contribution in [-0.4, -0.2) is 60.4 Å². The number of nitrogens with two attached hydrogens (primary N) is 1. The van der Waals surface area contributed by atoms with Crippen molar-refractivity contribution in [2.75, 3.05) is 32.8 Å². The Kier molecular flexibility index (Phi) is 6.45. The number of rotatable bonds is 4. The molecule has 1 aliphatic heterocycles. The van der Waals surface area contributed by atoms with E-state index < -0.39 is 0 Å². The minimum Gasteiger partial charge on any atom is -0.484 e. The molecule has 154 valence electrons.